The summed E-state index contributed by atoms with van der Waals surface area (Å²) in [5.74, 6) is -0.166. The minimum atomic E-state index is -4.67. The number of alkyl halides is 3. The molecule has 3 rings (SSSR count). The van der Waals surface area contributed by atoms with Crippen LogP contribution in [0.2, 0.25) is 18.1 Å². The van der Waals surface area contributed by atoms with Crippen molar-refractivity contribution in [3.8, 4) is 16.9 Å². The van der Waals surface area contributed by atoms with E-state index in [1.807, 2.05) is 12.1 Å². The summed E-state index contributed by atoms with van der Waals surface area (Å²) < 4.78 is 41.2. The van der Waals surface area contributed by atoms with E-state index in [2.05, 4.69) is 17.8 Å². The van der Waals surface area contributed by atoms with Crippen molar-refractivity contribution in [3.63, 3.8) is 0 Å². The lowest BCUT2D eigenvalue weighted by molar-refractivity contribution is -0.274. The number of benzene rings is 2. The molecule has 0 aromatic heterocycles. The third kappa shape index (κ3) is 2.44. The molecule has 1 heterocycles. The molecule has 0 N–H and O–H groups in total. The fourth-order valence-corrected chi connectivity index (χ4v) is 6.24. The zero-order chi connectivity index (χ0) is 15.4. The Morgan fingerprint density at radius 1 is 0.952 bits per heavy atom. The second-order valence-corrected chi connectivity index (χ2v) is 10.3. The third-order valence-corrected chi connectivity index (χ3v) is 7.60. The topological polar surface area (TPSA) is 9.23 Å². The summed E-state index contributed by atoms with van der Waals surface area (Å²) >= 11 is 6.06. The third-order valence-electron chi connectivity index (χ3n) is 3.84. The summed E-state index contributed by atoms with van der Waals surface area (Å²) in [4.78, 5) is 0. The van der Waals surface area contributed by atoms with Crippen LogP contribution >= 0.6 is 11.6 Å². The predicted octanol–water partition coefficient (Wildman–Crippen LogP) is 4.04. The van der Waals surface area contributed by atoms with Gasteiger partial charge < -0.3 is 4.74 Å². The van der Waals surface area contributed by atoms with Gasteiger partial charge in [0.2, 0.25) is 0 Å². The number of halogens is 4. The first-order valence-corrected chi connectivity index (χ1v) is 9.77. The van der Waals surface area contributed by atoms with E-state index in [9.17, 15) is 13.2 Å². The average molecular weight is 329 g/mol. The van der Waals surface area contributed by atoms with Gasteiger partial charge in [0.25, 0.3) is 0 Å². The summed E-state index contributed by atoms with van der Waals surface area (Å²) in [6, 6.07) is 10.2. The number of hydrogen-bond donors (Lipinski definition) is 0. The van der Waals surface area contributed by atoms with Gasteiger partial charge in [-0.15, -0.1) is 13.2 Å². The Labute approximate surface area is 126 Å². The standard InChI is InChI=1S/C15H12ClF3OSi/c1-21(2)13-7-9(16)3-5-11(13)12-6-4-10(8-14(12)21)20-15(17,18)19/h3-8H,1-2H3. The molecule has 0 fully saturated rings. The normalized spacial score (nSPS) is 15.5. The highest BCUT2D eigenvalue weighted by molar-refractivity contribution is 7.03. The molecule has 0 bridgehead atoms. The maximum Gasteiger partial charge on any atom is 0.573 e. The highest BCUT2D eigenvalue weighted by atomic mass is 35.5. The van der Waals surface area contributed by atoms with Crippen LogP contribution in [0.3, 0.4) is 0 Å². The van der Waals surface area contributed by atoms with Gasteiger partial charge in [-0.2, -0.15) is 0 Å². The van der Waals surface area contributed by atoms with Crippen LogP contribution in [0.25, 0.3) is 11.1 Å². The van der Waals surface area contributed by atoms with Crippen LogP contribution in [0.5, 0.6) is 5.75 Å². The van der Waals surface area contributed by atoms with Gasteiger partial charge in [0.1, 0.15) is 13.8 Å². The van der Waals surface area contributed by atoms with Crippen LogP contribution < -0.4 is 15.1 Å². The van der Waals surface area contributed by atoms with Crippen molar-refractivity contribution in [1.29, 1.82) is 0 Å². The first-order valence-electron chi connectivity index (χ1n) is 6.39. The summed E-state index contributed by atoms with van der Waals surface area (Å²) in [7, 11) is -2.05. The maximum atomic E-state index is 12.4. The number of hydrogen-bond acceptors (Lipinski definition) is 1. The molecule has 0 radical (unpaired) electrons. The molecule has 0 spiro atoms. The highest BCUT2D eigenvalue weighted by Crippen LogP contribution is 2.32. The predicted molar refractivity (Wildman–Crippen MR) is 80.3 cm³/mol. The van der Waals surface area contributed by atoms with Crippen LogP contribution in [0.15, 0.2) is 36.4 Å². The fourth-order valence-electron chi connectivity index (χ4n) is 2.89. The van der Waals surface area contributed by atoms with Gasteiger partial charge in [-0.05, 0) is 45.8 Å². The van der Waals surface area contributed by atoms with Crippen LogP contribution in [0, 0.1) is 0 Å². The molecule has 2 aromatic carbocycles. The zero-order valence-electron chi connectivity index (χ0n) is 11.4. The van der Waals surface area contributed by atoms with Gasteiger partial charge in [-0.3, -0.25) is 0 Å². The van der Waals surface area contributed by atoms with E-state index in [-0.39, 0.29) is 5.75 Å². The lowest BCUT2D eigenvalue weighted by Gasteiger charge is -2.19. The van der Waals surface area contributed by atoms with Crippen molar-refractivity contribution >= 4 is 30.0 Å². The largest absolute Gasteiger partial charge is 0.573 e. The molecule has 110 valence electrons. The monoisotopic (exact) mass is 328 g/mol. The summed E-state index contributed by atoms with van der Waals surface area (Å²) in [6.45, 7) is 4.21. The first-order chi connectivity index (χ1) is 9.68. The summed E-state index contributed by atoms with van der Waals surface area (Å²) in [6.07, 6.45) is -4.67. The maximum absolute atomic E-state index is 12.4. The Balaban J connectivity index is 2.14. The van der Waals surface area contributed by atoms with Crippen molar-refractivity contribution in [1.82, 2.24) is 0 Å². The Morgan fingerprint density at radius 2 is 1.52 bits per heavy atom. The van der Waals surface area contributed by atoms with Crippen molar-refractivity contribution in [2.75, 3.05) is 0 Å². The lowest BCUT2D eigenvalue weighted by atomic mass is 10.1. The van der Waals surface area contributed by atoms with Crippen molar-refractivity contribution in [3.05, 3.63) is 41.4 Å². The molecule has 1 aliphatic heterocycles. The molecule has 0 atom stereocenters. The Bertz CT molecular complexity index is 725. The van der Waals surface area contributed by atoms with E-state index >= 15 is 0 Å². The van der Waals surface area contributed by atoms with Gasteiger partial charge in [0.05, 0.1) is 0 Å². The summed E-state index contributed by atoms with van der Waals surface area (Å²) in [5, 5.41) is 2.74. The van der Waals surface area contributed by atoms with Gasteiger partial charge in [0, 0.05) is 5.02 Å². The molecule has 0 amide bonds. The van der Waals surface area contributed by atoms with Gasteiger partial charge >= 0.3 is 6.36 Å². The van der Waals surface area contributed by atoms with Crippen LogP contribution in [0.4, 0.5) is 13.2 Å². The average Bonchev–Trinajstić information content (AvgIpc) is 2.57. The SMILES string of the molecule is C[Si]1(C)c2cc(Cl)ccc2-c2ccc(OC(F)(F)F)cc21. The molecule has 6 heteroatoms. The van der Waals surface area contributed by atoms with Crippen molar-refractivity contribution < 1.29 is 17.9 Å². The number of fused-ring (bicyclic) bond motifs is 3. The van der Waals surface area contributed by atoms with E-state index in [0.717, 1.165) is 21.5 Å². The molecule has 0 saturated heterocycles. The second kappa shape index (κ2) is 4.51. The molecule has 0 aliphatic carbocycles. The Kier molecular flexibility index (Phi) is 3.11. The minimum absolute atomic E-state index is 0.166. The number of ether oxygens (including phenoxy) is 1. The minimum Gasteiger partial charge on any atom is -0.406 e. The second-order valence-electron chi connectivity index (χ2n) is 5.57. The smallest absolute Gasteiger partial charge is 0.406 e. The summed E-state index contributed by atoms with van der Waals surface area (Å²) in [5.41, 5.74) is 2.04. The van der Waals surface area contributed by atoms with Crippen LogP contribution in [-0.4, -0.2) is 14.4 Å². The quantitative estimate of drug-likeness (QED) is 0.718. The van der Waals surface area contributed by atoms with E-state index < -0.39 is 14.4 Å². The molecule has 2 aromatic rings. The molecule has 0 saturated carbocycles. The van der Waals surface area contributed by atoms with E-state index in [1.165, 1.54) is 12.1 Å². The molecular formula is C15H12ClF3OSi. The Morgan fingerprint density at radius 3 is 2.14 bits per heavy atom. The Hall–Kier alpha value is -1.46. The van der Waals surface area contributed by atoms with Gasteiger partial charge in [-0.1, -0.05) is 36.8 Å². The molecule has 1 aliphatic rings. The first kappa shape index (κ1) is 14.5. The van der Waals surface area contributed by atoms with Crippen LogP contribution in [-0.2, 0) is 0 Å². The number of rotatable bonds is 1. The fraction of sp³-hybridized carbons (Fsp3) is 0.200. The van der Waals surface area contributed by atoms with Gasteiger partial charge in [0.15, 0.2) is 0 Å². The van der Waals surface area contributed by atoms with E-state index in [0.29, 0.717) is 5.02 Å². The molecule has 21 heavy (non-hydrogen) atoms. The highest BCUT2D eigenvalue weighted by Gasteiger charge is 2.39. The van der Waals surface area contributed by atoms with E-state index in [4.69, 9.17) is 11.6 Å². The van der Waals surface area contributed by atoms with Crippen LogP contribution in [0.1, 0.15) is 0 Å². The molecule has 0 unspecified atom stereocenters. The molecule has 1 nitrogen and oxygen atoms in total. The lowest BCUT2D eigenvalue weighted by Crippen LogP contribution is -2.49. The van der Waals surface area contributed by atoms with Gasteiger partial charge in [-0.25, -0.2) is 0 Å². The van der Waals surface area contributed by atoms with E-state index in [1.54, 1.807) is 12.1 Å². The van der Waals surface area contributed by atoms with Crippen molar-refractivity contribution in [2.24, 2.45) is 0 Å². The molecular weight excluding hydrogens is 317 g/mol. The van der Waals surface area contributed by atoms with Crippen molar-refractivity contribution in [2.45, 2.75) is 19.5 Å². The zero-order valence-corrected chi connectivity index (χ0v) is 13.1.